The Morgan fingerprint density at radius 2 is 2.19 bits per heavy atom. The van der Waals surface area contributed by atoms with Gasteiger partial charge in [0.25, 0.3) is 0 Å². The summed E-state index contributed by atoms with van der Waals surface area (Å²) in [5.41, 5.74) is 2.13. The maximum atomic E-state index is 13.1. The largest absolute Gasteiger partial charge is 0.464 e. The molecule has 2 heterocycles. The molecule has 3 rings (SSSR count). The van der Waals surface area contributed by atoms with Crippen LogP contribution in [0.3, 0.4) is 0 Å². The van der Waals surface area contributed by atoms with Crippen LogP contribution >= 0.6 is 11.6 Å². The lowest BCUT2D eigenvalue weighted by Crippen LogP contribution is -2.11. The zero-order chi connectivity index (χ0) is 15.0. The summed E-state index contributed by atoms with van der Waals surface area (Å²) in [4.78, 5) is 20.5. The number of rotatable bonds is 2. The van der Waals surface area contributed by atoms with Crippen LogP contribution in [0.2, 0.25) is 5.02 Å². The first-order valence-electron chi connectivity index (χ1n) is 6.24. The molecule has 1 aliphatic rings. The second-order valence-electron chi connectivity index (χ2n) is 4.54. The predicted molar refractivity (Wildman–Crippen MR) is 74.3 cm³/mol. The Balaban J connectivity index is 2.18. The van der Waals surface area contributed by atoms with Gasteiger partial charge >= 0.3 is 5.97 Å². The molecule has 108 valence electrons. The zero-order valence-corrected chi connectivity index (χ0v) is 11.9. The van der Waals surface area contributed by atoms with Crippen molar-refractivity contribution in [2.24, 2.45) is 0 Å². The van der Waals surface area contributed by atoms with Gasteiger partial charge in [0.2, 0.25) is 0 Å². The standard InChI is InChI=1S/C14H11ClFN3O2/c1-21-14(20)12-9-5-17-6-11(9)18-13(19-12)8-3-2-7(16)4-10(8)15/h2-4,17H,5-6H2,1H3. The monoisotopic (exact) mass is 307 g/mol. The number of nitrogens with zero attached hydrogens (tertiary/aromatic N) is 2. The molecule has 0 aliphatic carbocycles. The van der Waals surface area contributed by atoms with Crippen LogP contribution in [-0.4, -0.2) is 23.0 Å². The van der Waals surface area contributed by atoms with Gasteiger partial charge < -0.3 is 10.1 Å². The number of esters is 1. The highest BCUT2D eigenvalue weighted by molar-refractivity contribution is 6.33. The number of halogens is 2. The van der Waals surface area contributed by atoms with Gasteiger partial charge in [-0.25, -0.2) is 19.2 Å². The van der Waals surface area contributed by atoms with Crippen molar-refractivity contribution in [2.75, 3.05) is 7.11 Å². The number of hydrogen-bond donors (Lipinski definition) is 1. The van der Waals surface area contributed by atoms with E-state index in [1.54, 1.807) is 0 Å². The van der Waals surface area contributed by atoms with Crippen molar-refractivity contribution in [1.82, 2.24) is 15.3 Å². The average Bonchev–Trinajstić information content (AvgIpc) is 2.93. The molecule has 0 fully saturated rings. The fourth-order valence-electron chi connectivity index (χ4n) is 2.23. The SMILES string of the molecule is COC(=O)c1nc(-c2ccc(F)cc2Cl)nc2c1CNC2. The van der Waals surface area contributed by atoms with E-state index in [-0.39, 0.29) is 16.5 Å². The predicted octanol–water partition coefficient (Wildman–Crippen LogP) is 2.33. The van der Waals surface area contributed by atoms with Crippen LogP contribution in [0.5, 0.6) is 0 Å². The van der Waals surface area contributed by atoms with Crippen LogP contribution in [0.15, 0.2) is 18.2 Å². The topological polar surface area (TPSA) is 64.1 Å². The van der Waals surface area contributed by atoms with E-state index in [0.29, 0.717) is 18.7 Å². The normalized spacial score (nSPS) is 13.1. The summed E-state index contributed by atoms with van der Waals surface area (Å²) in [6.45, 7) is 1.05. The van der Waals surface area contributed by atoms with E-state index in [9.17, 15) is 9.18 Å². The number of hydrogen-bond acceptors (Lipinski definition) is 5. The lowest BCUT2D eigenvalue weighted by Gasteiger charge is -2.09. The van der Waals surface area contributed by atoms with Crippen LogP contribution in [-0.2, 0) is 17.8 Å². The van der Waals surface area contributed by atoms with Gasteiger partial charge in [0.1, 0.15) is 5.82 Å². The molecular formula is C14H11ClFN3O2. The first-order valence-corrected chi connectivity index (χ1v) is 6.62. The molecule has 0 atom stereocenters. The molecule has 7 heteroatoms. The maximum Gasteiger partial charge on any atom is 0.357 e. The van der Waals surface area contributed by atoms with Crippen LogP contribution in [0.25, 0.3) is 11.4 Å². The summed E-state index contributed by atoms with van der Waals surface area (Å²) < 4.78 is 17.9. The zero-order valence-electron chi connectivity index (χ0n) is 11.1. The van der Waals surface area contributed by atoms with Crippen LogP contribution in [0, 0.1) is 5.82 Å². The molecule has 1 aromatic carbocycles. The summed E-state index contributed by atoms with van der Waals surface area (Å²) in [5.74, 6) is -0.695. The average molecular weight is 308 g/mol. The molecule has 21 heavy (non-hydrogen) atoms. The van der Waals surface area contributed by atoms with Crippen LogP contribution in [0.1, 0.15) is 21.7 Å². The molecule has 0 radical (unpaired) electrons. The van der Waals surface area contributed by atoms with Crippen molar-refractivity contribution in [2.45, 2.75) is 13.1 Å². The van der Waals surface area contributed by atoms with Crippen molar-refractivity contribution in [3.05, 3.63) is 46.0 Å². The third kappa shape index (κ3) is 2.48. The van der Waals surface area contributed by atoms with E-state index >= 15 is 0 Å². The van der Waals surface area contributed by atoms with E-state index in [1.807, 2.05) is 0 Å². The second-order valence-corrected chi connectivity index (χ2v) is 4.95. The van der Waals surface area contributed by atoms with E-state index in [1.165, 1.54) is 25.3 Å². The Morgan fingerprint density at radius 1 is 1.38 bits per heavy atom. The third-order valence-electron chi connectivity index (χ3n) is 3.24. The Kier molecular flexibility index (Phi) is 3.57. The Morgan fingerprint density at radius 3 is 2.90 bits per heavy atom. The van der Waals surface area contributed by atoms with Gasteiger partial charge in [-0.2, -0.15) is 0 Å². The summed E-state index contributed by atoms with van der Waals surface area (Å²) >= 11 is 6.03. The Hall–Kier alpha value is -2.05. The van der Waals surface area contributed by atoms with E-state index in [4.69, 9.17) is 16.3 Å². The lowest BCUT2D eigenvalue weighted by atomic mass is 10.1. The number of fused-ring (bicyclic) bond motifs is 1. The molecule has 1 aromatic heterocycles. The van der Waals surface area contributed by atoms with Crippen molar-refractivity contribution in [3.8, 4) is 11.4 Å². The smallest absolute Gasteiger partial charge is 0.357 e. The van der Waals surface area contributed by atoms with Gasteiger partial charge in [-0.05, 0) is 18.2 Å². The molecule has 0 bridgehead atoms. The first kappa shape index (κ1) is 13.9. The molecule has 1 N–H and O–H groups in total. The fourth-order valence-corrected chi connectivity index (χ4v) is 2.48. The number of nitrogens with one attached hydrogen (secondary N) is 1. The molecule has 1 aliphatic heterocycles. The van der Waals surface area contributed by atoms with Gasteiger partial charge in [0.05, 0.1) is 17.8 Å². The summed E-state index contributed by atoms with van der Waals surface area (Å²) in [7, 11) is 1.30. The minimum atomic E-state index is -0.531. The van der Waals surface area contributed by atoms with Gasteiger partial charge in [-0.15, -0.1) is 0 Å². The van der Waals surface area contributed by atoms with E-state index < -0.39 is 11.8 Å². The van der Waals surface area contributed by atoms with Gasteiger partial charge in [0, 0.05) is 24.2 Å². The first-order chi connectivity index (χ1) is 10.1. The fraction of sp³-hybridized carbons (Fsp3) is 0.214. The van der Waals surface area contributed by atoms with Crippen molar-refractivity contribution < 1.29 is 13.9 Å². The minimum absolute atomic E-state index is 0.191. The number of methoxy groups -OCH3 is 1. The number of ether oxygens (including phenoxy) is 1. The summed E-state index contributed by atoms with van der Waals surface area (Å²) in [6, 6.07) is 3.94. The number of carbonyl (C=O) groups is 1. The number of carbonyl (C=O) groups excluding carboxylic acids is 1. The van der Waals surface area contributed by atoms with Gasteiger partial charge in [0.15, 0.2) is 11.5 Å². The summed E-state index contributed by atoms with van der Waals surface area (Å²) in [6.07, 6.45) is 0. The highest BCUT2D eigenvalue weighted by Gasteiger charge is 2.24. The molecule has 0 unspecified atom stereocenters. The molecule has 0 spiro atoms. The van der Waals surface area contributed by atoms with Crippen molar-refractivity contribution in [1.29, 1.82) is 0 Å². The highest BCUT2D eigenvalue weighted by Crippen LogP contribution is 2.28. The molecule has 0 saturated carbocycles. The van der Waals surface area contributed by atoms with E-state index in [2.05, 4.69) is 15.3 Å². The van der Waals surface area contributed by atoms with Crippen molar-refractivity contribution >= 4 is 17.6 Å². The van der Waals surface area contributed by atoms with Crippen molar-refractivity contribution in [3.63, 3.8) is 0 Å². The molecule has 0 amide bonds. The Labute approximate surface area is 125 Å². The number of benzene rings is 1. The number of aromatic nitrogens is 2. The molecular weight excluding hydrogens is 297 g/mol. The highest BCUT2D eigenvalue weighted by atomic mass is 35.5. The van der Waals surface area contributed by atoms with Gasteiger partial charge in [-0.1, -0.05) is 11.6 Å². The quantitative estimate of drug-likeness (QED) is 0.863. The van der Waals surface area contributed by atoms with Gasteiger partial charge in [-0.3, -0.25) is 0 Å². The molecule has 0 saturated heterocycles. The minimum Gasteiger partial charge on any atom is -0.464 e. The maximum absolute atomic E-state index is 13.1. The molecule has 5 nitrogen and oxygen atoms in total. The second kappa shape index (κ2) is 5.38. The lowest BCUT2D eigenvalue weighted by molar-refractivity contribution is 0.0592. The Bertz CT molecular complexity index is 736. The summed E-state index contributed by atoms with van der Waals surface area (Å²) in [5, 5.41) is 3.30. The van der Waals surface area contributed by atoms with E-state index in [0.717, 1.165) is 11.3 Å². The van der Waals surface area contributed by atoms with Crippen LogP contribution < -0.4 is 5.32 Å². The third-order valence-corrected chi connectivity index (χ3v) is 3.55. The molecule has 2 aromatic rings. The van der Waals surface area contributed by atoms with Crippen LogP contribution in [0.4, 0.5) is 4.39 Å².